The van der Waals surface area contributed by atoms with Gasteiger partial charge in [-0.15, -0.1) is 5.10 Å². The molecule has 1 unspecified atom stereocenters. The van der Waals surface area contributed by atoms with Gasteiger partial charge in [-0.2, -0.15) is 4.98 Å². The van der Waals surface area contributed by atoms with E-state index in [1.54, 1.807) is 4.68 Å². The molecule has 2 aromatic heterocycles. The third-order valence-electron chi connectivity index (χ3n) is 3.17. The molecule has 2 heterocycles. The second-order valence-electron chi connectivity index (χ2n) is 4.74. The molecule has 0 saturated carbocycles. The van der Waals surface area contributed by atoms with E-state index >= 15 is 0 Å². The second-order valence-corrected chi connectivity index (χ2v) is 4.74. The predicted molar refractivity (Wildman–Crippen MR) is 76.1 cm³/mol. The fraction of sp³-hybridized carbons (Fsp3) is 0.286. The summed E-state index contributed by atoms with van der Waals surface area (Å²) in [7, 11) is 0. The van der Waals surface area contributed by atoms with Gasteiger partial charge in [-0.05, 0) is 18.6 Å². The van der Waals surface area contributed by atoms with E-state index in [2.05, 4.69) is 20.5 Å². The standard InChI is InChI=1S/C14H16N6O/c1-2-11(15)12-8-20(19-17-12)9-13-16-14(21-18-13)10-6-4-3-5-7-10/h3-8,11H,2,9,15H2,1H3. The Balaban J connectivity index is 1.74. The molecule has 3 rings (SSSR count). The lowest BCUT2D eigenvalue weighted by molar-refractivity contribution is 0.418. The van der Waals surface area contributed by atoms with Crippen LogP contribution < -0.4 is 5.73 Å². The fourth-order valence-electron chi connectivity index (χ4n) is 1.93. The first-order chi connectivity index (χ1) is 10.3. The molecule has 0 fully saturated rings. The average Bonchev–Trinajstić information content (AvgIpc) is 3.17. The van der Waals surface area contributed by atoms with Gasteiger partial charge in [0.05, 0.1) is 17.9 Å². The van der Waals surface area contributed by atoms with Crippen molar-refractivity contribution in [1.29, 1.82) is 0 Å². The van der Waals surface area contributed by atoms with Crippen LogP contribution in [0.25, 0.3) is 11.5 Å². The van der Waals surface area contributed by atoms with Crippen molar-refractivity contribution in [2.45, 2.75) is 25.9 Å². The molecular formula is C14H16N6O. The Morgan fingerprint density at radius 2 is 2.10 bits per heavy atom. The van der Waals surface area contributed by atoms with Crippen LogP contribution in [0.4, 0.5) is 0 Å². The molecule has 0 aliphatic carbocycles. The van der Waals surface area contributed by atoms with E-state index in [9.17, 15) is 0 Å². The maximum atomic E-state index is 5.92. The minimum atomic E-state index is -0.0936. The van der Waals surface area contributed by atoms with Gasteiger partial charge in [0.1, 0.15) is 6.54 Å². The molecule has 0 amide bonds. The van der Waals surface area contributed by atoms with Gasteiger partial charge in [-0.1, -0.05) is 35.5 Å². The maximum absolute atomic E-state index is 5.92. The van der Waals surface area contributed by atoms with Crippen molar-refractivity contribution >= 4 is 0 Å². The van der Waals surface area contributed by atoms with Crippen molar-refractivity contribution in [1.82, 2.24) is 25.1 Å². The Labute approximate surface area is 121 Å². The lowest BCUT2D eigenvalue weighted by Crippen LogP contribution is -2.08. The summed E-state index contributed by atoms with van der Waals surface area (Å²) in [6.45, 7) is 2.41. The maximum Gasteiger partial charge on any atom is 0.257 e. The molecule has 0 saturated heterocycles. The van der Waals surface area contributed by atoms with E-state index in [0.717, 1.165) is 17.7 Å². The predicted octanol–water partition coefficient (Wildman–Crippen LogP) is 1.79. The van der Waals surface area contributed by atoms with E-state index in [-0.39, 0.29) is 6.04 Å². The highest BCUT2D eigenvalue weighted by Gasteiger charge is 2.12. The number of aromatic nitrogens is 5. The third-order valence-corrected chi connectivity index (χ3v) is 3.17. The number of nitrogens with zero attached hydrogens (tertiary/aromatic N) is 5. The highest BCUT2D eigenvalue weighted by molar-refractivity contribution is 5.51. The summed E-state index contributed by atoms with van der Waals surface area (Å²) < 4.78 is 6.91. The molecule has 0 bridgehead atoms. The first-order valence-corrected chi connectivity index (χ1v) is 6.80. The van der Waals surface area contributed by atoms with E-state index < -0.39 is 0 Å². The van der Waals surface area contributed by atoms with Gasteiger partial charge >= 0.3 is 0 Å². The highest BCUT2D eigenvalue weighted by Crippen LogP contribution is 2.16. The molecule has 1 aromatic carbocycles. The molecule has 2 N–H and O–H groups in total. The van der Waals surface area contributed by atoms with Crippen LogP contribution in [0.15, 0.2) is 41.1 Å². The van der Waals surface area contributed by atoms with Crippen molar-refractivity contribution in [2.24, 2.45) is 5.73 Å². The van der Waals surface area contributed by atoms with Crippen LogP contribution in [0.1, 0.15) is 30.9 Å². The van der Waals surface area contributed by atoms with Gasteiger partial charge in [0, 0.05) is 5.56 Å². The third kappa shape index (κ3) is 2.97. The Morgan fingerprint density at radius 3 is 2.86 bits per heavy atom. The van der Waals surface area contributed by atoms with Crippen LogP contribution in [-0.4, -0.2) is 25.1 Å². The molecule has 7 heteroatoms. The Hall–Kier alpha value is -2.54. The summed E-state index contributed by atoms with van der Waals surface area (Å²) in [5.74, 6) is 1.05. The Kier molecular flexibility index (Phi) is 3.74. The SMILES string of the molecule is CCC(N)c1cn(Cc2noc(-c3ccccc3)n2)nn1. The monoisotopic (exact) mass is 284 g/mol. The molecule has 0 radical (unpaired) electrons. The van der Waals surface area contributed by atoms with Crippen molar-refractivity contribution < 1.29 is 4.52 Å². The average molecular weight is 284 g/mol. The molecule has 3 aromatic rings. The number of nitrogens with two attached hydrogens (primary N) is 1. The van der Waals surface area contributed by atoms with E-state index in [1.165, 1.54) is 0 Å². The molecule has 0 spiro atoms. The summed E-state index contributed by atoms with van der Waals surface area (Å²) in [6, 6.07) is 9.54. The first-order valence-electron chi connectivity index (χ1n) is 6.80. The van der Waals surface area contributed by atoms with Gasteiger partial charge in [-0.3, -0.25) is 0 Å². The summed E-state index contributed by atoms with van der Waals surface area (Å²) >= 11 is 0. The molecule has 108 valence electrons. The van der Waals surface area contributed by atoms with E-state index in [1.807, 2.05) is 43.5 Å². The Morgan fingerprint density at radius 1 is 1.29 bits per heavy atom. The fourth-order valence-corrected chi connectivity index (χ4v) is 1.93. The minimum absolute atomic E-state index is 0.0936. The van der Waals surface area contributed by atoms with Gasteiger partial charge in [0.2, 0.25) is 0 Å². The van der Waals surface area contributed by atoms with Crippen molar-refractivity contribution in [2.75, 3.05) is 0 Å². The van der Waals surface area contributed by atoms with Crippen molar-refractivity contribution in [3.63, 3.8) is 0 Å². The Bertz CT molecular complexity index is 705. The number of hydrogen-bond acceptors (Lipinski definition) is 6. The van der Waals surface area contributed by atoms with E-state index in [4.69, 9.17) is 10.3 Å². The topological polar surface area (TPSA) is 95.7 Å². The summed E-state index contributed by atoms with van der Waals surface area (Å²) in [6.07, 6.45) is 2.63. The summed E-state index contributed by atoms with van der Waals surface area (Å²) in [4.78, 5) is 4.35. The number of rotatable bonds is 5. The van der Waals surface area contributed by atoms with Crippen LogP contribution >= 0.6 is 0 Å². The van der Waals surface area contributed by atoms with Crippen LogP contribution in [0, 0.1) is 0 Å². The van der Waals surface area contributed by atoms with E-state index in [0.29, 0.717) is 18.3 Å². The van der Waals surface area contributed by atoms with Gasteiger partial charge in [0.25, 0.3) is 5.89 Å². The zero-order valence-corrected chi connectivity index (χ0v) is 11.7. The normalized spacial score (nSPS) is 12.5. The minimum Gasteiger partial charge on any atom is -0.334 e. The summed E-state index contributed by atoms with van der Waals surface area (Å²) in [5, 5.41) is 12.0. The zero-order chi connectivity index (χ0) is 14.7. The number of benzene rings is 1. The molecule has 0 aliphatic heterocycles. The van der Waals surface area contributed by atoms with Gasteiger partial charge < -0.3 is 10.3 Å². The summed E-state index contributed by atoms with van der Waals surface area (Å²) in [5.41, 5.74) is 7.58. The largest absolute Gasteiger partial charge is 0.334 e. The highest BCUT2D eigenvalue weighted by atomic mass is 16.5. The molecule has 7 nitrogen and oxygen atoms in total. The van der Waals surface area contributed by atoms with Crippen LogP contribution in [0.5, 0.6) is 0 Å². The molecule has 21 heavy (non-hydrogen) atoms. The second kappa shape index (κ2) is 5.84. The van der Waals surface area contributed by atoms with Crippen LogP contribution in [-0.2, 0) is 6.54 Å². The first kappa shape index (κ1) is 13.4. The van der Waals surface area contributed by atoms with Crippen molar-refractivity contribution in [3.05, 3.63) is 48.0 Å². The van der Waals surface area contributed by atoms with Gasteiger partial charge in [-0.25, -0.2) is 4.68 Å². The van der Waals surface area contributed by atoms with Crippen molar-refractivity contribution in [3.8, 4) is 11.5 Å². The molecule has 0 aliphatic rings. The number of hydrogen-bond donors (Lipinski definition) is 1. The molecule has 1 atom stereocenters. The lowest BCUT2D eigenvalue weighted by atomic mass is 10.2. The smallest absolute Gasteiger partial charge is 0.257 e. The van der Waals surface area contributed by atoms with Crippen LogP contribution in [0.3, 0.4) is 0 Å². The molecular weight excluding hydrogens is 268 g/mol. The zero-order valence-electron chi connectivity index (χ0n) is 11.7. The quantitative estimate of drug-likeness (QED) is 0.767. The van der Waals surface area contributed by atoms with Crippen LogP contribution in [0.2, 0.25) is 0 Å². The lowest BCUT2D eigenvalue weighted by Gasteiger charge is -2.01. The van der Waals surface area contributed by atoms with Gasteiger partial charge in [0.15, 0.2) is 5.82 Å².